The van der Waals surface area contributed by atoms with E-state index in [1.54, 1.807) is 17.0 Å². The molecule has 4 nitrogen and oxygen atoms in total. The lowest BCUT2D eigenvalue weighted by Gasteiger charge is -2.38. The van der Waals surface area contributed by atoms with Crippen LogP contribution in [-0.4, -0.2) is 41.2 Å². The number of hydrogen-bond donors (Lipinski definition) is 1. The van der Waals surface area contributed by atoms with Gasteiger partial charge in [-0.3, -0.25) is 4.79 Å². The van der Waals surface area contributed by atoms with Crippen LogP contribution < -0.4 is 0 Å². The molecule has 1 amide bonds. The molecule has 1 aliphatic carbocycles. The molecule has 5 heteroatoms. The molecular weight excluding hydrogens is 285 g/mol. The van der Waals surface area contributed by atoms with Crippen molar-refractivity contribution in [2.75, 3.05) is 13.1 Å². The Kier molecular flexibility index (Phi) is 4.45. The minimum atomic E-state index is -0.519. The van der Waals surface area contributed by atoms with E-state index in [1.165, 1.54) is 12.1 Å². The summed E-state index contributed by atoms with van der Waals surface area (Å²) in [5.74, 6) is -0.541. The van der Waals surface area contributed by atoms with E-state index < -0.39 is 6.10 Å². The molecule has 0 bridgehead atoms. The molecule has 2 aliphatic rings. The maximum absolute atomic E-state index is 13.0. The van der Waals surface area contributed by atoms with Gasteiger partial charge in [-0.1, -0.05) is 12.1 Å². The fourth-order valence-corrected chi connectivity index (χ4v) is 3.46. The van der Waals surface area contributed by atoms with E-state index in [1.807, 2.05) is 6.92 Å². The van der Waals surface area contributed by atoms with E-state index in [0.717, 1.165) is 18.4 Å². The topological polar surface area (TPSA) is 49.8 Å². The molecule has 3 rings (SSSR count). The lowest BCUT2D eigenvalue weighted by atomic mass is 10.0. The number of aliphatic hydroxyl groups excluding tert-OH is 1. The van der Waals surface area contributed by atoms with Crippen LogP contribution in [-0.2, 0) is 9.53 Å². The van der Waals surface area contributed by atoms with Crippen LogP contribution in [0.1, 0.15) is 37.9 Å². The van der Waals surface area contributed by atoms with Gasteiger partial charge < -0.3 is 14.7 Å². The van der Waals surface area contributed by atoms with Crippen molar-refractivity contribution in [1.29, 1.82) is 0 Å². The van der Waals surface area contributed by atoms with Crippen LogP contribution in [0.4, 0.5) is 4.39 Å². The predicted molar refractivity (Wildman–Crippen MR) is 79.6 cm³/mol. The summed E-state index contributed by atoms with van der Waals surface area (Å²) < 4.78 is 19.0. The largest absolute Gasteiger partial charge is 0.392 e. The van der Waals surface area contributed by atoms with E-state index in [0.29, 0.717) is 19.5 Å². The molecule has 1 saturated carbocycles. The highest BCUT2D eigenvalue weighted by molar-refractivity contribution is 5.80. The third-order valence-corrected chi connectivity index (χ3v) is 4.61. The number of aliphatic hydroxyl groups is 1. The number of halogens is 1. The van der Waals surface area contributed by atoms with Gasteiger partial charge in [0, 0.05) is 6.54 Å². The second kappa shape index (κ2) is 6.34. The fourth-order valence-electron chi connectivity index (χ4n) is 3.46. The summed E-state index contributed by atoms with van der Waals surface area (Å²) in [6, 6.07) is 6.21. The minimum Gasteiger partial charge on any atom is -0.392 e. The van der Waals surface area contributed by atoms with Gasteiger partial charge in [0.1, 0.15) is 11.9 Å². The van der Waals surface area contributed by atoms with Gasteiger partial charge in [0.25, 0.3) is 0 Å². The summed E-state index contributed by atoms with van der Waals surface area (Å²) in [6.45, 7) is 2.93. The van der Waals surface area contributed by atoms with Crippen LogP contribution in [0.5, 0.6) is 0 Å². The van der Waals surface area contributed by atoms with Crippen molar-refractivity contribution in [3.63, 3.8) is 0 Å². The minimum absolute atomic E-state index is 0.0206. The van der Waals surface area contributed by atoms with Crippen LogP contribution in [0.25, 0.3) is 0 Å². The van der Waals surface area contributed by atoms with Crippen LogP contribution in [0.15, 0.2) is 24.3 Å². The average Bonchev–Trinajstić information content (AvgIpc) is 2.92. The first-order valence-electron chi connectivity index (χ1n) is 7.92. The molecule has 0 radical (unpaired) electrons. The summed E-state index contributed by atoms with van der Waals surface area (Å²) in [5, 5.41) is 9.95. The van der Waals surface area contributed by atoms with E-state index in [4.69, 9.17) is 4.74 Å². The molecule has 1 aromatic rings. The van der Waals surface area contributed by atoms with Crippen molar-refractivity contribution in [2.24, 2.45) is 5.92 Å². The molecule has 1 heterocycles. The normalized spacial score (nSPS) is 32.2. The van der Waals surface area contributed by atoms with Gasteiger partial charge in [-0.2, -0.15) is 0 Å². The molecular formula is C17H22FNO3. The molecule has 1 aromatic carbocycles. The average molecular weight is 307 g/mol. The van der Waals surface area contributed by atoms with Crippen molar-refractivity contribution in [2.45, 2.75) is 44.5 Å². The van der Waals surface area contributed by atoms with Crippen LogP contribution in [0, 0.1) is 11.7 Å². The number of morpholine rings is 1. The molecule has 1 N–H and O–H groups in total. The summed E-state index contributed by atoms with van der Waals surface area (Å²) in [6.07, 6.45) is 1.52. The number of hydrogen-bond acceptors (Lipinski definition) is 3. The first kappa shape index (κ1) is 15.4. The molecule has 0 aromatic heterocycles. The lowest BCUT2D eigenvalue weighted by molar-refractivity contribution is -0.151. The van der Waals surface area contributed by atoms with Crippen molar-refractivity contribution in [3.8, 4) is 0 Å². The molecule has 4 atom stereocenters. The molecule has 1 aliphatic heterocycles. The van der Waals surface area contributed by atoms with Crippen molar-refractivity contribution < 1.29 is 19.0 Å². The third kappa shape index (κ3) is 3.15. The molecule has 4 unspecified atom stereocenters. The number of ether oxygens (including phenoxy) is 1. The predicted octanol–water partition coefficient (Wildman–Crippen LogP) is 2.28. The Hall–Kier alpha value is -1.46. The molecule has 2 fully saturated rings. The maximum atomic E-state index is 13.0. The zero-order valence-corrected chi connectivity index (χ0v) is 12.7. The Balaban J connectivity index is 1.73. The number of rotatable bonds is 2. The summed E-state index contributed by atoms with van der Waals surface area (Å²) in [4.78, 5) is 14.4. The second-order valence-electron chi connectivity index (χ2n) is 6.33. The van der Waals surface area contributed by atoms with Crippen molar-refractivity contribution in [1.82, 2.24) is 4.90 Å². The Morgan fingerprint density at radius 3 is 2.64 bits per heavy atom. The van der Waals surface area contributed by atoms with Gasteiger partial charge in [-0.05, 0) is 43.9 Å². The molecule has 120 valence electrons. The van der Waals surface area contributed by atoms with Crippen LogP contribution >= 0.6 is 0 Å². The first-order chi connectivity index (χ1) is 10.5. The smallest absolute Gasteiger partial charge is 0.228 e. The Bertz CT molecular complexity index is 533. The van der Waals surface area contributed by atoms with Gasteiger partial charge in [-0.15, -0.1) is 0 Å². The van der Waals surface area contributed by atoms with Gasteiger partial charge in [0.2, 0.25) is 5.91 Å². The summed E-state index contributed by atoms with van der Waals surface area (Å²) in [5.41, 5.74) is 0.873. The monoisotopic (exact) mass is 307 g/mol. The SMILES string of the molecule is CC1CN(C(=O)C2CCCC2O)CC(c2ccc(F)cc2)O1. The Morgan fingerprint density at radius 2 is 2.00 bits per heavy atom. The lowest BCUT2D eigenvalue weighted by Crippen LogP contribution is -2.49. The van der Waals surface area contributed by atoms with Crippen molar-refractivity contribution in [3.05, 3.63) is 35.6 Å². The molecule has 22 heavy (non-hydrogen) atoms. The number of benzene rings is 1. The van der Waals surface area contributed by atoms with Gasteiger partial charge in [0.05, 0.1) is 24.7 Å². The number of carbonyl (C=O) groups excluding carboxylic acids is 1. The zero-order valence-electron chi connectivity index (χ0n) is 12.7. The zero-order chi connectivity index (χ0) is 15.7. The highest BCUT2D eigenvalue weighted by Crippen LogP contribution is 2.31. The Labute approximate surface area is 129 Å². The van der Waals surface area contributed by atoms with E-state index in [9.17, 15) is 14.3 Å². The maximum Gasteiger partial charge on any atom is 0.228 e. The molecule has 0 spiro atoms. The van der Waals surface area contributed by atoms with E-state index in [-0.39, 0.29) is 29.9 Å². The van der Waals surface area contributed by atoms with Gasteiger partial charge in [0.15, 0.2) is 0 Å². The van der Waals surface area contributed by atoms with Crippen LogP contribution in [0.3, 0.4) is 0 Å². The number of carbonyl (C=O) groups is 1. The second-order valence-corrected chi connectivity index (χ2v) is 6.33. The first-order valence-corrected chi connectivity index (χ1v) is 7.92. The summed E-state index contributed by atoms with van der Waals surface area (Å²) >= 11 is 0. The third-order valence-electron chi connectivity index (χ3n) is 4.61. The van der Waals surface area contributed by atoms with Crippen LogP contribution in [0.2, 0.25) is 0 Å². The van der Waals surface area contributed by atoms with Gasteiger partial charge in [-0.25, -0.2) is 4.39 Å². The highest BCUT2D eigenvalue weighted by atomic mass is 19.1. The Morgan fingerprint density at radius 1 is 1.27 bits per heavy atom. The quantitative estimate of drug-likeness (QED) is 0.912. The number of amides is 1. The van der Waals surface area contributed by atoms with E-state index in [2.05, 4.69) is 0 Å². The highest BCUT2D eigenvalue weighted by Gasteiger charge is 2.37. The standard InChI is InChI=1S/C17H22FNO3/c1-11-9-19(17(21)14-3-2-4-15(14)20)10-16(22-11)12-5-7-13(18)8-6-12/h5-8,11,14-16,20H,2-4,9-10H2,1H3. The number of nitrogens with zero attached hydrogens (tertiary/aromatic N) is 1. The summed E-state index contributed by atoms with van der Waals surface area (Å²) in [7, 11) is 0. The fraction of sp³-hybridized carbons (Fsp3) is 0.588. The van der Waals surface area contributed by atoms with Gasteiger partial charge >= 0.3 is 0 Å². The van der Waals surface area contributed by atoms with Crippen molar-refractivity contribution >= 4 is 5.91 Å². The molecule has 1 saturated heterocycles. The van der Waals surface area contributed by atoms with E-state index >= 15 is 0 Å².